The fraction of sp³-hybridized carbons (Fsp3) is 0.632. The van der Waals surface area contributed by atoms with Crippen LogP contribution in [0.3, 0.4) is 0 Å². The molecule has 5 atom stereocenters. The molecular weight excluding hydrogens is 586 g/mol. The first-order chi connectivity index (χ1) is 22.6. The van der Waals surface area contributed by atoms with E-state index in [0.717, 1.165) is 69.0 Å². The van der Waals surface area contributed by atoms with Gasteiger partial charge in [-0.2, -0.15) is 10.1 Å². The number of aromatic nitrogens is 4. The Kier molecular flexibility index (Phi) is 7.43. The van der Waals surface area contributed by atoms with Gasteiger partial charge in [-0.15, -0.1) is 0 Å². The largest absolute Gasteiger partial charge is 0.481 e. The minimum atomic E-state index is -0.626. The molecule has 6 aliphatic rings. The zero-order valence-electron chi connectivity index (χ0n) is 28.6. The van der Waals surface area contributed by atoms with Crippen molar-refractivity contribution in [2.75, 3.05) is 23.8 Å². The molecular formula is C38H51N7O2. The van der Waals surface area contributed by atoms with E-state index < -0.39 is 11.4 Å². The second-order valence-corrected chi connectivity index (χ2v) is 16.1. The lowest BCUT2D eigenvalue weighted by Gasteiger charge is -2.71. The Labute approximate surface area is 279 Å². The fourth-order valence-electron chi connectivity index (χ4n) is 10.6. The van der Waals surface area contributed by atoms with Crippen LogP contribution in [0.15, 0.2) is 42.7 Å². The third-order valence-corrected chi connectivity index (χ3v) is 13.1. The topological polar surface area (TPSA) is 99.4 Å². The van der Waals surface area contributed by atoms with E-state index in [2.05, 4.69) is 77.6 Å². The van der Waals surface area contributed by atoms with Crippen molar-refractivity contribution in [2.24, 2.45) is 17.9 Å². The molecule has 250 valence electrons. The van der Waals surface area contributed by atoms with Gasteiger partial charge in [0.25, 0.3) is 0 Å². The minimum Gasteiger partial charge on any atom is -0.481 e. The van der Waals surface area contributed by atoms with Crippen molar-refractivity contribution in [1.29, 1.82) is 0 Å². The predicted molar refractivity (Wildman–Crippen MR) is 184 cm³/mol. The zero-order chi connectivity index (χ0) is 32.6. The Bertz CT molecular complexity index is 1620. The Balaban J connectivity index is 1.16. The van der Waals surface area contributed by atoms with Gasteiger partial charge >= 0.3 is 5.97 Å². The molecule has 2 unspecified atom stereocenters. The van der Waals surface area contributed by atoms with Crippen LogP contribution in [0.5, 0.6) is 0 Å². The normalized spacial score (nSPS) is 32.1. The van der Waals surface area contributed by atoms with Crippen LogP contribution in [-0.2, 0) is 30.1 Å². The molecule has 4 heterocycles. The molecule has 0 radical (unpaired) electrons. The molecule has 1 aromatic carbocycles. The van der Waals surface area contributed by atoms with Crippen molar-refractivity contribution in [3.63, 3.8) is 0 Å². The number of carboxylic acid groups (broad SMARTS) is 1. The summed E-state index contributed by atoms with van der Waals surface area (Å²) in [7, 11) is 4.13. The first-order valence-electron chi connectivity index (χ1n) is 18.0. The zero-order valence-corrected chi connectivity index (χ0v) is 28.6. The van der Waals surface area contributed by atoms with Crippen LogP contribution in [0.25, 0.3) is 0 Å². The lowest BCUT2D eigenvalue weighted by Crippen LogP contribution is -2.72. The maximum absolute atomic E-state index is 11.9. The van der Waals surface area contributed by atoms with E-state index in [0.29, 0.717) is 12.1 Å². The number of hydrogen-bond donors (Lipinski definition) is 2. The Morgan fingerprint density at radius 2 is 1.83 bits per heavy atom. The molecule has 9 rings (SSSR count). The number of carboxylic acids is 1. The Morgan fingerprint density at radius 3 is 2.47 bits per heavy atom. The van der Waals surface area contributed by atoms with E-state index in [1.165, 1.54) is 48.8 Å². The molecule has 9 heteroatoms. The van der Waals surface area contributed by atoms with E-state index in [4.69, 9.17) is 9.97 Å². The summed E-state index contributed by atoms with van der Waals surface area (Å²) in [6.07, 6.45) is 16.8. The highest BCUT2D eigenvalue weighted by molar-refractivity contribution is 5.79. The number of benzene rings is 1. The van der Waals surface area contributed by atoms with Crippen LogP contribution in [0.2, 0.25) is 0 Å². The smallest absolute Gasteiger partial charge is 0.309 e. The van der Waals surface area contributed by atoms with E-state index in [1.807, 2.05) is 17.9 Å². The number of aliphatic carboxylic acids is 1. The van der Waals surface area contributed by atoms with E-state index >= 15 is 0 Å². The van der Waals surface area contributed by atoms with Crippen molar-refractivity contribution in [3.05, 3.63) is 65.1 Å². The fourth-order valence-corrected chi connectivity index (χ4v) is 10.6. The summed E-state index contributed by atoms with van der Waals surface area (Å²) in [6, 6.07) is 12.6. The van der Waals surface area contributed by atoms with Crippen molar-refractivity contribution in [1.82, 2.24) is 24.6 Å². The summed E-state index contributed by atoms with van der Waals surface area (Å²) in [6.45, 7) is 5.56. The van der Waals surface area contributed by atoms with Gasteiger partial charge in [-0.25, -0.2) is 4.98 Å². The highest BCUT2D eigenvalue weighted by Crippen LogP contribution is 2.75. The molecule has 2 N–H and O–H groups in total. The number of fused-ring (bicyclic) bond motifs is 3. The molecule has 5 fully saturated rings. The average molecular weight is 638 g/mol. The standard InChI is InChI=1S/C38H51N7O2/c1-5-32(37-22-38(23-37,24-37)34(46)47)44(4)35-41-30-16-17-36(2,26-10-7-6-8-11-26)18-29(30)33(42-35)40-31(25-19-39-43(3)20-25)21-45-27-12-9-13-28(45)15-14-27/h6-8,10-11,19-20,27-28,31-32H,5,9,12-18,21-24H2,1-4H3,(H,46,47)(H,40,41,42)/t27?,28?,31-,32+,36+,37?,38?/m0/s1. The summed E-state index contributed by atoms with van der Waals surface area (Å²) in [4.78, 5) is 27.7. The number of rotatable bonds is 11. The second kappa shape index (κ2) is 11.3. The maximum Gasteiger partial charge on any atom is 0.309 e. The monoisotopic (exact) mass is 637 g/mol. The first-order valence-corrected chi connectivity index (χ1v) is 18.0. The van der Waals surface area contributed by atoms with Gasteiger partial charge in [0.05, 0.1) is 23.3 Å². The number of nitrogens with zero attached hydrogens (tertiary/aromatic N) is 6. The van der Waals surface area contributed by atoms with Gasteiger partial charge in [-0.1, -0.05) is 50.6 Å². The van der Waals surface area contributed by atoms with E-state index in [9.17, 15) is 9.90 Å². The number of piperidine rings is 1. The number of carbonyl (C=O) groups is 1. The highest BCUT2D eigenvalue weighted by atomic mass is 16.4. The van der Waals surface area contributed by atoms with Crippen LogP contribution in [0, 0.1) is 10.8 Å². The van der Waals surface area contributed by atoms with Crippen molar-refractivity contribution < 1.29 is 9.90 Å². The van der Waals surface area contributed by atoms with Gasteiger partial charge in [0.1, 0.15) is 5.82 Å². The van der Waals surface area contributed by atoms with Crippen molar-refractivity contribution in [2.45, 2.75) is 120 Å². The number of hydrogen-bond acceptors (Lipinski definition) is 7. The lowest BCUT2D eigenvalue weighted by atomic mass is 9.33. The summed E-state index contributed by atoms with van der Waals surface area (Å²) >= 11 is 0. The van der Waals surface area contributed by atoms with Gasteiger partial charge in [0.15, 0.2) is 0 Å². The second-order valence-electron chi connectivity index (χ2n) is 16.1. The van der Waals surface area contributed by atoms with Crippen LogP contribution < -0.4 is 10.2 Å². The lowest BCUT2D eigenvalue weighted by molar-refractivity contribution is -0.230. The molecule has 2 aromatic heterocycles. The van der Waals surface area contributed by atoms with Gasteiger partial charge in [-0.05, 0) is 87.0 Å². The van der Waals surface area contributed by atoms with E-state index in [1.54, 1.807) is 0 Å². The maximum atomic E-state index is 11.9. The molecule has 47 heavy (non-hydrogen) atoms. The minimum absolute atomic E-state index is 0.000184. The average Bonchev–Trinajstić information content (AvgIpc) is 3.54. The molecule has 4 bridgehead atoms. The van der Waals surface area contributed by atoms with Crippen molar-refractivity contribution >= 4 is 17.7 Å². The van der Waals surface area contributed by atoms with Crippen molar-refractivity contribution in [3.8, 4) is 0 Å². The Morgan fingerprint density at radius 1 is 1.11 bits per heavy atom. The number of aryl methyl sites for hydroxylation is 2. The number of anilines is 2. The molecule has 0 spiro atoms. The van der Waals surface area contributed by atoms with Crippen LogP contribution >= 0.6 is 0 Å². The third kappa shape index (κ3) is 5.06. The van der Waals surface area contributed by atoms with Gasteiger partial charge in [0.2, 0.25) is 5.95 Å². The predicted octanol–water partition coefficient (Wildman–Crippen LogP) is 6.30. The number of nitrogens with one attached hydrogen (secondary N) is 1. The van der Waals surface area contributed by atoms with E-state index in [-0.39, 0.29) is 22.9 Å². The molecule has 2 aliphatic heterocycles. The summed E-state index contributed by atoms with van der Waals surface area (Å²) in [5.41, 5.74) is 4.50. The van der Waals surface area contributed by atoms with Crippen LogP contribution in [-0.4, -0.2) is 67.4 Å². The summed E-state index contributed by atoms with van der Waals surface area (Å²) in [5.74, 6) is 1.09. The molecule has 4 aliphatic carbocycles. The molecule has 0 amide bonds. The van der Waals surface area contributed by atoms with Gasteiger partial charge < -0.3 is 15.3 Å². The third-order valence-electron chi connectivity index (χ3n) is 13.1. The van der Waals surface area contributed by atoms with Gasteiger partial charge in [0, 0.05) is 56.1 Å². The quantitative estimate of drug-likeness (QED) is 0.253. The first kappa shape index (κ1) is 30.8. The molecule has 3 saturated carbocycles. The van der Waals surface area contributed by atoms with Crippen LogP contribution in [0.4, 0.5) is 11.8 Å². The molecule has 2 saturated heterocycles. The van der Waals surface area contributed by atoms with Crippen LogP contribution in [0.1, 0.15) is 106 Å². The summed E-state index contributed by atoms with van der Waals surface area (Å²) in [5, 5.41) is 18.5. The SMILES string of the molecule is CC[C@@H](N(C)c1nc2c(c(N[C@@H](CN3C4CCCC3CC4)c3cnn(C)c3)n1)C[C@](C)(c1ccccc1)CC2)C12CC(C(=O)O)(C1)C2. The highest BCUT2D eigenvalue weighted by Gasteiger charge is 2.74. The van der Waals surface area contributed by atoms with Gasteiger partial charge in [-0.3, -0.25) is 14.4 Å². The Hall–Kier alpha value is -3.46. The summed E-state index contributed by atoms with van der Waals surface area (Å²) < 4.78 is 1.91. The molecule has 3 aromatic rings. The molecule has 9 nitrogen and oxygen atoms in total.